The second-order valence-electron chi connectivity index (χ2n) is 3.76. The SMILES string of the molecule is O=P(O)(O)OCCC(OP(=O)(O)O)C(F)(C(F)F)C(F)(F)F. The highest BCUT2D eigenvalue weighted by atomic mass is 31.2. The molecule has 22 heavy (non-hydrogen) atoms. The van der Waals surface area contributed by atoms with Gasteiger partial charge in [-0.05, 0) is 0 Å². The molecule has 0 aromatic rings. The van der Waals surface area contributed by atoms with E-state index < -0.39 is 53.0 Å². The summed E-state index contributed by atoms with van der Waals surface area (Å²) in [5, 5.41) is 0. The summed E-state index contributed by atoms with van der Waals surface area (Å²) < 4.78 is 104. The van der Waals surface area contributed by atoms with Gasteiger partial charge in [0.1, 0.15) is 6.10 Å². The van der Waals surface area contributed by atoms with Crippen molar-refractivity contribution in [1.82, 2.24) is 0 Å². The van der Waals surface area contributed by atoms with Crippen LogP contribution in [0.3, 0.4) is 0 Å². The summed E-state index contributed by atoms with van der Waals surface area (Å²) in [6.45, 7) is -1.44. The summed E-state index contributed by atoms with van der Waals surface area (Å²) in [6, 6.07) is 0. The molecule has 0 aliphatic rings. The van der Waals surface area contributed by atoms with Crippen LogP contribution in [0.4, 0.5) is 26.3 Å². The van der Waals surface area contributed by atoms with Gasteiger partial charge in [0.2, 0.25) is 0 Å². The van der Waals surface area contributed by atoms with Gasteiger partial charge in [-0.1, -0.05) is 0 Å². The maximum atomic E-state index is 13.6. The van der Waals surface area contributed by atoms with Crippen LogP contribution >= 0.6 is 15.6 Å². The summed E-state index contributed by atoms with van der Waals surface area (Å²) in [5.41, 5.74) is -5.49. The zero-order valence-corrected chi connectivity index (χ0v) is 11.9. The Morgan fingerprint density at radius 2 is 1.41 bits per heavy atom. The lowest BCUT2D eigenvalue weighted by Gasteiger charge is -2.34. The quantitative estimate of drug-likeness (QED) is 0.364. The van der Waals surface area contributed by atoms with Crippen molar-refractivity contribution in [3.8, 4) is 0 Å². The molecule has 4 N–H and O–H groups in total. The highest BCUT2D eigenvalue weighted by Crippen LogP contribution is 2.49. The summed E-state index contributed by atoms with van der Waals surface area (Å²) in [6.07, 6.45) is -16.2. The Labute approximate surface area is 118 Å². The van der Waals surface area contributed by atoms with Crippen LogP contribution < -0.4 is 0 Å². The maximum absolute atomic E-state index is 13.6. The van der Waals surface area contributed by atoms with Gasteiger partial charge in [-0.2, -0.15) is 13.2 Å². The number of phosphoric ester groups is 2. The number of alkyl halides is 6. The molecule has 0 bridgehead atoms. The van der Waals surface area contributed by atoms with Gasteiger partial charge in [0.25, 0.3) is 12.1 Å². The molecule has 2 unspecified atom stereocenters. The molecule has 134 valence electrons. The Balaban J connectivity index is 5.45. The van der Waals surface area contributed by atoms with Gasteiger partial charge < -0.3 is 19.6 Å². The van der Waals surface area contributed by atoms with Crippen molar-refractivity contribution in [2.75, 3.05) is 6.61 Å². The monoisotopic (exact) mass is 386 g/mol. The predicted molar refractivity (Wildman–Crippen MR) is 55.4 cm³/mol. The van der Waals surface area contributed by atoms with Gasteiger partial charge in [-0.25, -0.2) is 22.3 Å². The van der Waals surface area contributed by atoms with E-state index >= 15 is 0 Å². The van der Waals surface area contributed by atoms with Crippen molar-refractivity contribution in [2.24, 2.45) is 0 Å². The lowest BCUT2D eigenvalue weighted by Crippen LogP contribution is -2.57. The van der Waals surface area contributed by atoms with Gasteiger partial charge in [0.05, 0.1) is 6.61 Å². The molecule has 8 nitrogen and oxygen atoms in total. The first kappa shape index (κ1) is 21.8. The van der Waals surface area contributed by atoms with Crippen LogP contribution in [0.15, 0.2) is 0 Å². The van der Waals surface area contributed by atoms with Gasteiger partial charge in [0.15, 0.2) is 0 Å². The second-order valence-corrected chi connectivity index (χ2v) is 6.19. The molecule has 16 heteroatoms. The smallest absolute Gasteiger partial charge is 0.303 e. The minimum absolute atomic E-state index is 1.44. The van der Waals surface area contributed by atoms with Crippen molar-refractivity contribution in [3.05, 3.63) is 0 Å². The highest BCUT2D eigenvalue weighted by molar-refractivity contribution is 7.46. The van der Waals surface area contributed by atoms with E-state index in [1.165, 1.54) is 0 Å². The van der Waals surface area contributed by atoms with E-state index in [-0.39, 0.29) is 0 Å². The summed E-state index contributed by atoms with van der Waals surface area (Å²) in [4.78, 5) is 33.3. The fourth-order valence-electron chi connectivity index (χ4n) is 1.23. The molecule has 0 saturated heterocycles. The van der Waals surface area contributed by atoms with Crippen LogP contribution in [0.25, 0.3) is 0 Å². The van der Waals surface area contributed by atoms with E-state index in [9.17, 15) is 35.5 Å². The molecule has 0 rings (SSSR count). The van der Waals surface area contributed by atoms with E-state index in [1.807, 2.05) is 0 Å². The lowest BCUT2D eigenvalue weighted by molar-refractivity contribution is -0.295. The molecular formula is C6H10F6O8P2. The van der Waals surface area contributed by atoms with Crippen LogP contribution in [0.2, 0.25) is 0 Å². The van der Waals surface area contributed by atoms with Crippen molar-refractivity contribution in [2.45, 2.75) is 30.8 Å². The molecular weight excluding hydrogens is 376 g/mol. The fraction of sp³-hybridized carbons (Fsp3) is 1.00. The lowest BCUT2D eigenvalue weighted by atomic mass is 9.96. The molecule has 0 fully saturated rings. The highest BCUT2D eigenvalue weighted by Gasteiger charge is 2.68. The van der Waals surface area contributed by atoms with Crippen LogP contribution in [0.5, 0.6) is 0 Å². The molecule has 0 aliphatic carbocycles. The largest absolute Gasteiger partial charge is 0.469 e. The van der Waals surface area contributed by atoms with Crippen LogP contribution in [0.1, 0.15) is 6.42 Å². The third kappa shape index (κ3) is 6.50. The van der Waals surface area contributed by atoms with Crippen LogP contribution in [-0.2, 0) is 18.2 Å². The normalized spacial score (nSPS) is 18.3. The number of halogens is 6. The molecule has 0 saturated carbocycles. The first-order chi connectivity index (χ1) is 9.51. The molecule has 0 amide bonds. The number of hydrogen-bond donors (Lipinski definition) is 4. The maximum Gasteiger partial charge on any atom is 0.469 e. The van der Waals surface area contributed by atoms with E-state index in [4.69, 9.17) is 19.6 Å². The first-order valence-electron chi connectivity index (χ1n) is 4.98. The summed E-state index contributed by atoms with van der Waals surface area (Å²) in [7, 11) is -11.1. The van der Waals surface area contributed by atoms with Crippen molar-refractivity contribution >= 4 is 15.6 Å². The number of phosphoric acid groups is 2. The molecule has 0 aromatic carbocycles. The zero-order chi connectivity index (χ0) is 18.0. The standard InChI is InChI=1S/C6H10F6O8P2/c7-4(8)5(9,6(10,11)12)3(20-22(16,17)18)1-2-19-21(13,14)15/h3-4H,1-2H2,(H2,13,14,15)(H2,16,17,18). The van der Waals surface area contributed by atoms with Crippen molar-refractivity contribution in [3.63, 3.8) is 0 Å². The van der Waals surface area contributed by atoms with Gasteiger partial charge >= 0.3 is 21.8 Å². The van der Waals surface area contributed by atoms with Crippen LogP contribution in [-0.4, -0.2) is 50.6 Å². The summed E-state index contributed by atoms with van der Waals surface area (Å²) in [5.74, 6) is 0. The zero-order valence-electron chi connectivity index (χ0n) is 10.2. The average Bonchev–Trinajstić information content (AvgIpc) is 2.21. The molecule has 0 aliphatic heterocycles. The Kier molecular flexibility index (Phi) is 7.07. The topological polar surface area (TPSA) is 134 Å². The minimum atomic E-state index is -6.29. The molecule has 0 aromatic heterocycles. The van der Waals surface area contributed by atoms with Crippen LogP contribution in [0, 0.1) is 0 Å². The second kappa shape index (κ2) is 7.14. The Morgan fingerprint density at radius 3 is 1.68 bits per heavy atom. The van der Waals surface area contributed by atoms with E-state index in [2.05, 4.69) is 9.05 Å². The molecule has 0 spiro atoms. The fourth-order valence-corrected chi connectivity index (χ4v) is 2.16. The predicted octanol–water partition coefficient (Wildman–Crippen LogP) is 1.50. The number of hydrogen-bond acceptors (Lipinski definition) is 4. The van der Waals surface area contributed by atoms with E-state index in [0.29, 0.717) is 0 Å². The average molecular weight is 386 g/mol. The van der Waals surface area contributed by atoms with Gasteiger partial charge in [-0.15, -0.1) is 0 Å². The molecule has 2 atom stereocenters. The Morgan fingerprint density at radius 1 is 0.955 bits per heavy atom. The van der Waals surface area contributed by atoms with E-state index in [1.54, 1.807) is 0 Å². The first-order valence-corrected chi connectivity index (χ1v) is 8.04. The van der Waals surface area contributed by atoms with Gasteiger partial charge in [0, 0.05) is 6.42 Å². The molecule has 0 heterocycles. The third-order valence-electron chi connectivity index (χ3n) is 2.12. The Hall–Kier alpha value is -0.200. The Bertz CT molecular complexity index is 459. The van der Waals surface area contributed by atoms with E-state index in [0.717, 1.165) is 0 Å². The van der Waals surface area contributed by atoms with Crippen molar-refractivity contribution in [1.29, 1.82) is 0 Å². The summed E-state index contributed by atoms with van der Waals surface area (Å²) >= 11 is 0. The van der Waals surface area contributed by atoms with Crippen molar-refractivity contribution < 1.29 is 64.1 Å². The van der Waals surface area contributed by atoms with Gasteiger partial charge in [-0.3, -0.25) is 9.05 Å². The molecule has 0 radical (unpaired) electrons. The third-order valence-corrected chi connectivity index (χ3v) is 3.17. The number of rotatable bonds is 8. The minimum Gasteiger partial charge on any atom is -0.303 e.